The predicted octanol–water partition coefficient (Wildman–Crippen LogP) is 3.20. The summed E-state index contributed by atoms with van der Waals surface area (Å²) in [6, 6.07) is 10.0. The third-order valence-electron chi connectivity index (χ3n) is 4.19. The molecule has 1 aliphatic heterocycles. The average Bonchev–Trinajstić information content (AvgIpc) is 2.70. The number of amides is 2. The molecule has 2 aromatic rings. The first kappa shape index (κ1) is 20.6. The summed E-state index contributed by atoms with van der Waals surface area (Å²) in [5, 5.41) is 2.77. The molecule has 1 N–H and O–H groups in total. The van der Waals surface area contributed by atoms with Gasteiger partial charge in [0, 0.05) is 0 Å². The number of methoxy groups -OCH3 is 3. The lowest BCUT2D eigenvalue weighted by Gasteiger charge is -2.29. The van der Waals surface area contributed by atoms with E-state index < -0.39 is 11.8 Å². The second-order valence-corrected chi connectivity index (χ2v) is 6.66. The van der Waals surface area contributed by atoms with Crippen LogP contribution in [0.1, 0.15) is 5.56 Å². The van der Waals surface area contributed by atoms with Crippen molar-refractivity contribution in [2.45, 2.75) is 0 Å². The Labute approximate surface area is 177 Å². The van der Waals surface area contributed by atoms with Crippen molar-refractivity contribution in [2.75, 3.05) is 26.2 Å². The van der Waals surface area contributed by atoms with E-state index in [1.807, 2.05) is 0 Å². The Morgan fingerprint density at radius 2 is 1.72 bits per heavy atom. The van der Waals surface area contributed by atoms with Crippen molar-refractivity contribution in [1.82, 2.24) is 5.32 Å². The Hall–Kier alpha value is -3.10. The highest BCUT2D eigenvalue weighted by Gasteiger charge is 2.35. The maximum atomic E-state index is 13.1. The van der Waals surface area contributed by atoms with Crippen molar-refractivity contribution in [3.63, 3.8) is 0 Å². The Morgan fingerprint density at radius 1 is 1.03 bits per heavy atom. The lowest BCUT2D eigenvalue weighted by Crippen LogP contribution is -2.54. The van der Waals surface area contributed by atoms with E-state index in [-0.39, 0.29) is 15.7 Å². The van der Waals surface area contributed by atoms with Gasteiger partial charge in [-0.15, -0.1) is 0 Å². The van der Waals surface area contributed by atoms with E-state index in [1.54, 1.807) is 36.4 Å². The van der Waals surface area contributed by atoms with Crippen molar-refractivity contribution in [3.05, 3.63) is 52.6 Å². The number of nitrogens with zero attached hydrogens (tertiary/aromatic N) is 1. The number of anilines is 1. The molecule has 2 aromatic carbocycles. The number of carbonyl (C=O) groups is 2. The fraction of sp³-hybridized carbons (Fsp3) is 0.150. The minimum atomic E-state index is -0.614. The lowest BCUT2D eigenvalue weighted by molar-refractivity contribution is -0.122. The van der Waals surface area contributed by atoms with Crippen molar-refractivity contribution < 1.29 is 23.8 Å². The summed E-state index contributed by atoms with van der Waals surface area (Å²) in [5.41, 5.74) is 0.785. The Kier molecular flexibility index (Phi) is 6.05. The molecule has 29 heavy (non-hydrogen) atoms. The fourth-order valence-electron chi connectivity index (χ4n) is 2.88. The first-order valence-corrected chi connectivity index (χ1v) is 9.15. The largest absolute Gasteiger partial charge is 0.495 e. The van der Waals surface area contributed by atoms with Gasteiger partial charge in [0.15, 0.2) is 16.6 Å². The van der Waals surface area contributed by atoms with E-state index in [0.29, 0.717) is 28.5 Å². The standard InChI is InChI=1S/C20H17ClN2O5S/c1-26-15-7-5-4-6-14(15)23-19(25)12(18(24)22-20(23)29)8-11-9-13(21)17(28-3)16(10-11)27-2/h4-10H,1-3H3,(H,22,24,29)/b12-8+. The van der Waals surface area contributed by atoms with Crippen LogP contribution in [0.2, 0.25) is 5.02 Å². The number of rotatable bonds is 5. The van der Waals surface area contributed by atoms with Crippen LogP contribution in [-0.2, 0) is 9.59 Å². The molecule has 3 rings (SSSR count). The molecular formula is C20H17ClN2O5S. The second kappa shape index (κ2) is 8.50. The molecule has 0 radical (unpaired) electrons. The molecule has 9 heteroatoms. The number of nitrogens with one attached hydrogen (secondary N) is 1. The minimum absolute atomic E-state index is 0.0352. The molecule has 0 saturated carbocycles. The van der Waals surface area contributed by atoms with Crippen LogP contribution in [0.4, 0.5) is 5.69 Å². The third kappa shape index (κ3) is 3.90. The highest BCUT2D eigenvalue weighted by atomic mass is 35.5. The van der Waals surface area contributed by atoms with E-state index in [4.69, 9.17) is 38.0 Å². The van der Waals surface area contributed by atoms with Crippen LogP contribution in [0.3, 0.4) is 0 Å². The number of hydrogen-bond donors (Lipinski definition) is 1. The highest BCUT2D eigenvalue weighted by molar-refractivity contribution is 7.80. The quantitative estimate of drug-likeness (QED) is 0.444. The van der Waals surface area contributed by atoms with Crippen LogP contribution < -0.4 is 24.4 Å². The van der Waals surface area contributed by atoms with Gasteiger partial charge in [0.1, 0.15) is 11.3 Å². The van der Waals surface area contributed by atoms with Gasteiger partial charge in [-0.2, -0.15) is 0 Å². The first-order valence-electron chi connectivity index (χ1n) is 8.37. The predicted molar refractivity (Wildman–Crippen MR) is 114 cm³/mol. The number of thiocarbonyl (C=S) groups is 1. The van der Waals surface area contributed by atoms with Crippen molar-refractivity contribution in [3.8, 4) is 17.2 Å². The van der Waals surface area contributed by atoms with Crippen LogP contribution in [0, 0.1) is 0 Å². The molecule has 1 fully saturated rings. The van der Waals surface area contributed by atoms with Crippen LogP contribution in [0.5, 0.6) is 17.2 Å². The summed E-state index contributed by atoms with van der Waals surface area (Å²) in [6.45, 7) is 0. The molecule has 0 bridgehead atoms. The van der Waals surface area contributed by atoms with Gasteiger partial charge < -0.3 is 14.2 Å². The van der Waals surface area contributed by atoms with Crippen LogP contribution in [-0.4, -0.2) is 38.3 Å². The highest BCUT2D eigenvalue weighted by Crippen LogP contribution is 2.37. The zero-order chi connectivity index (χ0) is 21.1. The molecule has 0 unspecified atom stereocenters. The van der Waals surface area contributed by atoms with E-state index in [2.05, 4.69) is 5.32 Å². The van der Waals surface area contributed by atoms with E-state index in [0.717, 1.165) is 0 Å². The summed E-state index contributed by atoms with van der Waals surface area (Å²) >= 11 is 11.4. The van der Waals surface area contributed by atoms with Gasteiger partial charge in [-0.3, -0.25) is 14.9 Å². The molecule has 1 aliphatic rings. The molecule has 0 aliphatic carbocycles. The molecule has 150 valence electrons. The maximum Gasteiger partial charge on any atom is 0.270 e. The summed E-state index contributed by atoms with van der Waals surface area (Å²) in [7, 11) is 4.41. The summed E-state index contributed by atoms with van der Waals surface area (Å²) in [4.78, 5) is 26.8. The molecule has 0 aromatic heterocycles. The third-order valence-corrected chi connectivity index (χ3v) is 4.76. The van der Waals surface area contributed by atoms with Gasteiger partial charge in [0.05, 0.1) is 32.0 Å². The van der Waals surface area contributed by atoms with E-state index in [9.17, 15) is 9.59 Å². The van der Waals surface area contributed by atoms with Gasteiger partial charge >= 0.3 is 0 Å². The zero-order valence-corrected chi connectivity index (χ0v) is 17.4. The number of halogens is 1. The molecule has 1 heterocycles. The molecule has 0 atom stereocenters. The van der Waals surface area contributed by atoms with Gasteiger partial charge in [-0.25, -0.2) is 4.90 Å². The molecule has 1 saturated heterocycles. The topological polar surface area (TPSA) is 77.1 Å². The van der Waals surface area contributed by atoms with Crippen molar-refractivity contribution in [1.29, 1.82) is 0 Å². The van der Waals surface area contributed by atoms with E-state index in [1.165, 1.54) is 32.3 Å². The normalized spacial score (nSPS) is 15.4. The Bertz CT molecular complexity index is 1040. The lowest BCUT2D eigenvalue weighted by atomic mass is 10.1. The van der Waals surface area contributed by atoms with Gasteiger partial charge in [-0.1, -0.05) is 23.7 Å². The fourth-order valence-corrected chi connectivity index (χ4v) is 3.45. The number of para-hydroxylation sites is 2. The zero-order valence-electron chi connectivity index (χ0n) is 15.8. The SMILES string of the molecule is COc1ccccc1N1C(=O)/C(=C/c2cc(Cl)c(OC)c(OC)c2)C(=O)NC1=S. The van der Waals surface area contributed by atoms with Crippen molar-refractivity contribution in [2.24, 2.45) is 0 Å². The van der Waals surface area contributed by atoms with E-state index >= 15 is 0 Å². The molecule has 7 nitrogen and oxygen atoms in total. The molecular weight excluding hydrogens is 416 g/mol. The Morgan fingerprint density at radius 3 is 2.38 bits per heavy atom. The van der Waals surface area contributed by atoms with Gasteiger partial charge in [0.2, 0.25) is 0 Å². The summed E-state index contributed by atoms with van der Waals surface area (Å²) in [6.07, 6.45) is 1.41. The summed E-state index contributed by atoms with van der Waals surface area (Å²) < 4.78 is 15.8. The minimum Gasteiger partial charge on any atom is -0.495 e. The van der Waals surface area contributed by atoms with Gasteiger partial charge in [-0.05, 0) is 48.1 Å². The van der Waals surface area contributed by atoms with Crippen LogP contribution >= 0.6 is 23.8 Å². The second-order valence-electron chi connectivity index (χ2n) is 5.87. The summed E-state index contributed by atoms with van der Waals surface area (Å²) in [5.74, 6) is -0.0424. The van der Waals surface area contributed by atoms with Crippen molar-refractivity contribution >= 4 is 52.5 Å². The Balaban J connectivity index is 2.08. The number of carbonyl (C=O) groups excluding carboxylic acids is 2. The number of ether oxygens (including phenoxy) is 3. The first-order chi connectivity index (χ1) is 13.9. The number of hydrogen-bond acceptors (Lipinski definition) is 6. The smallest absolute Gasteiger partial charge is 0.270 e. The molecule has 2 amide bonds. The molecule has 0 spiro atoms. The van der Waals surface area contributed by atoms with Gasteiger partial charge in [0.25, 0.3) is 11.8 Å². The number of benzene rings is 2. The monoisotopic (exact) mass is 432 g/mol. The van der Waals surface area contributed by atoms with Crippen LogP contribution in [0.15, 0.2) is 42.0 Å². The average molecular weight is 433 g/mol. The van der Waals surface area contributed by atoms with Crippen LogP contribution in [0.25, 0.3) is 6.08 Å². The maximum absolute atomic E-state index is 13.1.